The zero-order valence-corrected chi connectivity index (χ0v) is 17.6. The minimum atomic E-state index is -1.21. The van der Waals surface area contributed by atoms with Gasteiger partial charge in [0.2, 0.25) is 11.8 Å². The SMILES string of the molecule is CC(C)COC(=O)N[C@H](CO)C(=O)N1CC=C[C@H]1C(=O)NCc1ccc(C(=N)N)cc1. The summed E-state index contributed by atoms with van der Waals surface area (Å²) in [5.41, 5.74) is 6.81. The first kappa shape index (κ1) is 23.9. The predicted molar refractivity (Wildman–Crippen MR) is 114 cm³/mol. The topological polar surface area (TPSA) is 158 Å². The van der Waals surface area contributed by atoms with Crippen molar-refractivity contribution in [2.75, 3.05) is 19.8 Å². The van der Waals surface area contributed by atoms with Crippen molar-refractivity contribution in [1.29, 1.82) is 5.41 Å². The number of alkyl carbamates (subject to hydrolysis) is 1. The van der Waals surface area contributed by atoms with Crippen molar-refractivity contribution in [2.24, 2.45) is 11.7 Å². The van der Waals surface area contributed by atoms with Crippen LogP contribution in [0.3, 0.4) is 0 Å². The van der Waals surface area contributed by atoms with Crippen molar-refractivity contribution in [3.8, 4) is 0 Å². The van der Waals surface area contributed by atoms with Crippen molar-refractivity contribution in [3.05, 3.63) is 47.5 Å². The Hall–Kier alpha value is -3.40. The van der Waals surface area contributed by atoms with Gasteiger partial charge in [-0.1, -0.05) is 50.3 Å². The van der Waals surface area contributed by atoms with Crippen LogP contribution in [0.15, 0.2) is 36.4 Å². The lowest BCUT2D eigenvalue weighted by atomic mass is 10.1. The summed E-state index contributed by atoms with van der Waals surface area (Å²) in [6, 6.07) is 4.80. The first-order chi connectivity index (χ1) is 14.7. The lowest BCUT2D eigenvalue weighted by Gasteiger charge is -2.27. The van der Waals surface area contributed by atoms with E-state index in [2.05, 4.69) is 10.6 Å². The minimum Gasteiger partial charge on any atom is -0.449 e. The van der Waals surface area contributed by atoms with Gasteiger partial charge in [0.25, 0.3) is 0 Å². The Labute approximate surface area is 180 Å². The molecule has 1 aliphatic rings. The van der Waals surface area contributed by atoms with Crippen LogP contribution in [0.25, 0.3) is 0 Å². The number of nitrogens with two attached hydrogens (primary N) is 1. The fraction of sp³-hybridized carbons (Fsp3) is 0.429. The number of hydrogen-bond donors (Lipinski definition) is 5. The van der Waals surface area contributed by atoms with E-state index in [0.29, 0.717) is 5.56 Å². The molecule has 0 unspecified atom stereocenters. The van der Waals surface area contributed by atoms with Crippen LogP contribution in [0.4, 0.5) is 4.79 Å². The van der Waals surface area contributed by atoms with Crippen LogP contribution in [0, 0.1) is 11.3 Å². The van der Waals surface area contributed by atoms with Crippen LogP contribution in [0.1, 0.15) is 25.0 Å². The van der Waals surface area contributed by atoms with Crippen molar-refractivity contribution in [2.45, 2.75) is 32.5 Å². The molecule has 0 saturated heterocycles. The average molecular weight is 431 g/mol. The van der Waals surface area contributed by atoms with E-state index in [1.807, 2.05) is 13.8 Å². The zero-order valence-electron chi connectivity index (χ0n) is 17.6. The highest BCUT2D eigenvalue weighted by atomic mass is 16.5. The number of nitrogen functional groups attached to an aromatic ring is 1. The summed E-state index contributed by atoms with van der Waals surface area (Å²) in [5.74, 6) is -0.888. The molecule has 1 aliphatic heterocycles. The number of nitrogens with zero attached hydrogens (tertiary/aromatic N) is 1. The highest BCUT2D eigenvalue weighted by Crippen LogP contribution is 2.13. The Kier molecular flexibility index (Phi) is 8.56. The van der Waals surface area contributed by atoms with E-state index < -0.39 is 36.6 Å². The number of amides is 3. The molecule has 2 atom stereocenters. The number of aliphatic hydroxyl groups is 1. The Bertz CT molecular complexity index is 837. The summed E-state index contributed by atoms with van der Waals surface area (Å²) >= 11 is 0. The molecule has 1 aromatic rings. The second-order valence-corrected chi connectivity index (χ2v) is 7.56. The normalized spacial score (nSPS) is 16.1. The van der Waals surface area contributed by atoms with Gasteiger partial charge in [-0.2, -0.15) is 0 Å². The molecule has 0 saturated carbocycles. The standard InChI is InChI=1S/C21H29N5O5/c1-13(2)12-31-21(30)25-16(11-27)20(29)26-9-3-4-17(26)19(28)24-10-14-5-7-15(8-6-14)18(22)23/h3-8,13,16-17,27H,9-12H2,1-2H3,(H3,22,23)(H,24,28)(H,25,30)/t16-,17+/m1/s1. The van der Waals surface area contributed by atoms with Crippen LogP contribution in [-0.4, -0.2) is 65.6 Å². The lowest BCUT2D eigenvalue weighted by molar-refractivity contribution is -0.139. The maximum absolute atomic E-state index is 12.8. The minimum absolute atomic E-state index is 0.0408. The monoisotopic (exact) mass is 431 g/mol. The van der Waals surface area contributed by atoms with E-state index in [1.165, 1.54) is 4.90 Å². The fourth-order valence-electron chi connectivity index (χ4n) is 2.88. The first-order valence-corrected chi connectivity index (χ1v) is 9.95. The highest BCUT2D eigenvalue weighted by molar-refractivity contribution is 5.95. The highest BCUT2D eigenvalue weighted by Gasteiger charge is 2.35. The number of nitrogens with one attached hydrogen (secondary N) is 3. The molecule has 10 nitrogen and oxygen atoms in total. The number of rotatable bonds is 9. The van der Waals surface area contributed by atoms with E-state index in [0.717, 1.165) is 5.56 Å². The maximum Gasteiger partial charge on any atom is 0.407 e. The predicted octanol–water partition coefficient (Wildman–Crippen LogP) is 0.0970. The summed E-state index contributed by atoms with van der Waals surface area (Å²) in [6.45, 7) is 3.72. The smallest absolute Gasteiger partial charge is 0.407 e. The van der Waals surface area contributed by atoms with Gasteiger partial charge in [0.1, 0.15) is 17.9 Å². The molecular formula is C21H29N5O5. The van der Waals surface area contributed by atoms with Gasteiger partial charge >= 0.3 is 6.09 Å². The molecule has 1 aromatic carbocycles. The second kappa shape index (κ2) is 11.1. The molecule has 2 rings (SSSR count). The molecule has 31 heavy (non-hydrogen) atoms. The van der Waals surface area contributed by atoms with E-state index >= 15 is 0 Å². The van der Waals surface area contributed by atoms with E-state index in [9.17, 15) is 19.5 Å². The molecular weight excluding hydrogens is 402 g/mol. The first-order valence-electron chi connectivity index (χ1n) is 9.95. The van der Waals surface area contributed by atoms with Crippen LogP contribution in [0.2, 0.25) is 0 Å². The molecule has 6 N–H and O–H groups in total. The van der Waals surface area contributed by atoms with Crippen LogP contribution in [-0.2, 0) is 20.9 Å². The molecule has 0 aromatic heterocycles. The number of hydrogen-bond acceptors (Lipinski definition) is 6. The van der Waals surface area contributed by atoms with E-state index in [1.54, 1.807) is 36.4 Å². The Morgan fingerprint density at radius 2 is 1.97 bits per heavy atom. The van der Waals surface area contributed by atoms with Crippen molar-refractivity contribution in [3.63, 3.8) is 0 Å². The van der Waals surface area contributed by atoms with Gasteiger partial charge in [0.05, 0.1) is 13.2 Å². The quantitative estimate of drug-likeness (QED) is 0.212. The molecule has 0 radical (unpaired) electrons. The number of amidine groups is 1. The van der Waals surface area contributed by atoms with Gasteiger partial charge in [-0.15, -0.1) is 0 Å². The second-order valence-electron chi connectivity index (χ2n) is 7.56. The Balaban J connectivity index is 1.94. The largest absolute Gasteiger partial charge is 0.449 e. The maximum atomic E-state index is 12.8. The molecule has 168 valence electrons. The Morgan fingerprint density at radius 1 is 1.29 bits per heavy atom. The molecule has 0 fully saturated rings. The number of aliphatic hydroxyl groups excluding tert-OH is 1. The number of benzene rings is 1. The molecule has 3 amide bonds. The van der Waals surface area contributed by atoms with Gasteiger partial charge in [0, 0.05) is 18.7 Å². The molecule has 10 heteroatoms. The third-order valence-electron chi connectivity index (χ3n) is 4.56. The molecule has 0 aliphatic carbocycles. The van der Waals surface area contributed by atoms with E-state index in [-0.39, 0.29) is 31.4 Å². The van der Waals surface area contributed by atoms with Gasteiger partial charge in [-0.3, -0.25) is 15.0 Å². The summed E-state index contributed by atoms with van der Waals surface area (Å²) in [6.07, 6.45) is 2.47. The average Bonchev–Trinajstić information content (AvgIpc) is 3.24. The van der Waals surface area contributed by atoms with Crippen molar-refractivity contribution < 1.29 is 24.2 Å². The number of ether oxygens (including phenoxy) is 1. The number of carbonyl (C=O) groups excluding carboxylic acids is 3. The molecule has 1 heterocycles. The van der Waals surface area contributed by atoms with Gasteiger partial charge < -0.3 is 31.1 Å². The van der Waals surface area contributed by atoms with Crippen molar-refractivity contribution >= 4 is 23.7 Å². The summed E-state index contributed by atoms with van der Waals surface area (Å²) in [5, 5.41) is 22.1. The lowest BCUT2D eigenvalue weighted by Crippen LogP contribution is -2.55. The third-order valence-corrected chi connectivity index (χ3v) is 4.56. The van der Waals surface area contributed by atoms with Crippen molar-refractivity contribution in [1.82, 2.24) is 15.5 Å². The molecule has 0 bridgehead atoms. The fourth-order valence-corrected chi connectivity index (χ4v) is 2.88. The Morgan fingerprint density at radius 3 is 2.55 bits per heavy atom. The van der Waals surface area contributed by atoms with Gasteiger partial charge in [-0.05, 0) is 11.5 Å². The zero-order chi connectivity index (χ0) is 23.0. The van der Waals surface area contributed by atoms with E-state index in [4.69, 9.17) is 15.9 Å². The van der Waals surface area contributed by atoms with Gasteiger partial charge in [-0.25, -0.2) is 4.79 Å². The summed E-state index contributed by atoms with van der Waals surface area (Å²) in [7, 11) is 0. The summed E-state index contributed by atoms with van der Waals surface area (Å²) < 4.78 is 4.99. The van der Waals surface area contributed by atoms with Gasteiger partial charge in [0.15, 0.2) is 0 Å². The third kappa shape index (κ3) is 6.82. The van der Waals surface area contributed by atoms with Crippen LogP contribution >= 0.6 is 0 Å². The summed E-state index contributed by atoms with van der Waals surface area (Å²) in [4.78, 5) is 38.5. The van der Waals surface area contributed by atoms with Crippen LogP contribution in [0.5, 0.6) is 0 Å². The number of carbonyl (C=O) groups is 3. The molecule has 0 spiro atoms. The van der Waals surface area contributed by atoms with Crippen LogP contribution < -0.4 is 16.4 Å².